The SMILES string of the molecule is CCCCCC/C=C\C/C=C\CCCCCCCCCC(=O)OCCCCCCCCCCC/C=C\CCCCCCCC(=O)NC(CO)C(O)/C=C/CCCCCCCCCCCCCCCCCCC. The summed E-state index contributed by atoms with van der Waals surface area (Å²) in [5, 5.41) is 23.2. The summed E-state index contributed by atoms with van der Waals surface area (Å²) in [4.78, 5) is 24.6. The van der Waals surface area contributed by atoms with Crippen LogP contribution in [0.4, 0.5) is 0 Å². The molecule has 0 radical (unpaired) electrons. The number of esters is 1. The van der Waals surface area contributed by atoms with Crippen molar-refractivity contribution in [2.75, 3.05) is 13.2 Å². The average molecular weight is 1010 g/mol. The van der Waals surface area contributed by atoms with E-state index in [0.717, 1.165) is 70.6 Å². The Hall–Kier alpha value is -2.18. The topological polar surface area (TPSA) is 95.9 Å². The van der Waals surface area contributed by atoms with Crippen molar-refractivity contribution in [3.05, 3.63) is 48.6 Å². The highest BCUT2D eigenvalue weighted by atomic mass is 16.5. The summed E-state index contributed by atoms with van der Waals surface area (Å²) < 4.78 is 5.49. The lowest BCUT2D eigenvalue weighted by Gasteiger charge is -2.20. The number of rotatable bonds is 59. The summed E-state index contributed by atoms with van der Waals surface area (Å²) in [5.41, 5.74) is 0. The smallest absolute Gasteiger partial charge is 0.305 e. The van der Waals surface area contributed by atoms with E-state index >= 15 is 0 Å². The molecule has 6 heteroatoms. The van der Waals surface area contributed by atoms with Gasteiger partial charge in [0, 0.05) is 12.8 Å². The molecule has 0 aromatic heterocycles. The zero-order valence-electron chi connectivity index (χ0n) is 48.2. The zero-order valence-corrected chi connectivity index (χ0v) is 48.2. The normalized spacial score (nSPS) is 12.9. The third kappa shape index (κ3) is 57.1. The van der Waals surface area contributed by atoms with E-state index < -0.39 is 12.1 Å². The molecule has 3 N–H and O–H groups in total. The Morgan fingerprint density at radius 3 is 1.08 bits per heavy atom. The number of carbonyl (C=O) groups is 2. The molecule has 0 spiro atoms. The monoisotopic (exact) mass is 1010 g/mol. The van der Waals surface area contributed by atoms with Crippen LogP contribution in [-0.2, 0) is 14.3 Å². The Morgan fingerprint density at radius 2 is 0.694 bits per heavy atom. The number of aliphatic hydroxyl groups excluding tert-OH is 2. The van der Waals surface area contributed by atoms with Crippen LogP contribution in [0.5, 0.6) is 0 Å². The van der Waals surface area contributed by atoms with Crippen LogP contribution in [0.25, 0.3) is 0 Å². The van der Waals surface area contributed by atoms with Gasteiger partial charge in [-0.3, -0.25) is 9.59 Å². The quantitative estimate of drug-likeness (QED) is 0.0320. The van der Waals surface area contributed by atoms with Gasteiger partial charge in [-0.15, -0.1) is 0 Å². The van der Waals surface area contributed by atoms with Gasteiger partial charge in [0.25, 0.3) is 0 Å². The number of nitrogens with one attached hydrogen (secondary N) is 1. The fourth-order valence-electron chi connectivity index (χ4n) is 9.66. The van der Waals surface area contributed by atoms with Gasteiger partial charge < -0.3 is 20.3 Å². The van der Waals surface area contributed by atoms with Crippen molar-refractivity contribution in [1.29, 1.82) is 0 Å². The highest BCUT2D eigenvalue weighted by Crippen LogP contribution is 2.17. The van der Waals surface area contributed by atoms with Gasteiger partial charge >= 0.3 is 5.97 Å². The average Bonchev–Trinajstić information content (AvgIpc) is 3.38. The van der Waals surface area contributed by atoms with Gasteiger partial charge in [-0.2, -0.15) is 0 Å². The molecule has 0 saturated carbocycles. The van der Waals surface area contributed by atoms with Crippen LogP contribution in [0.1, 0.15) is 335 Å². The molecule has 0 aromatic rings. The summed E-state index contributed by atoms with van der Waals surface area (Å²) in [7, 11) is 0. The van der Waals surface area contributed by atoms with Gasteiger partial charge in [-0.05, 0) is 89.9 Å². The first kappa shape index (κ1) is 69.8. The number of hydrogen-bond acceptors (Lipinski definition) is 5. The third-order valence-corrected chi connectivity index (χ3v) is 14.6. The van der Waals surface area contributed by atoms with Crippen molar-refractivity contribution >= 4 is 11.9 Å². The first-order valence-corrected chi connectivity index (χ1v) is 31.9. The van der Waals surface area contributed by atoms with Crippen LogP contribution in [0, 0.1) is 0 Å². The molecule has 0 aliphatic carbocycles. The third-order valence-electron chi connectivity index (χ3n) is 14.6. The predicted octanol–water partition coefficient (Wildman–Crippen LogP) is 20.1. The van der Waals surface area contributed by atoms with Crippen molar-refractivity contribution < 1.29 is 24.5 Å². The van der Waals surface area contributed by atoms with E-state index in [1.807, 2.05) is 6.08 Å². The Kier molecular flexibility index (Phi) is 59.5. The Morgan fingerprint density at radius 1 is 0.389 bits per heavy atom. The minimum absolute atomic E-state index is 0.00522. The molecule has 0 rings (SSSR count). The molecule has 0 aliphatic rings. The number of aliphatic hydroxyl groups is 2. The van der Waals surface area contributed by atoms with Gasteiger partial charge in [0.1, 0.15) is 0 Å². The molecule has 72 heavy (non-hydrogen) atoms. The first-order chi connectivity index (χ1) is 35.5. The lowest BCUT2D eigenvalue weighted by atomic mass is 10.0. The molecule has 1 amide bonds. The van der Waals surface area contributed by atoms with Gasteiger partial charge in [0.2, 0.25) is 5.91 Å². The standard InChI is InChI=1S/C66H123NO5/c1-3-5-7-9-11-13-15-17-19-21-23-26-30-34-38-42-46-50-54-58-64(69)63(62-68)67-65(70)59-55-51-47-43-39-35-31-27-24-25-29-33-37-41-45-49-53-57-61-72-66(71)60-56-52-48-44-40-36-32-28-22-20-18-16-14-12-10-8-6-4-2/h14,16,20,22,27,31,54,58,63-64,68-69H,3-13,15,17-19,21,23-26,28-30,32-53,55-57,59-62H2,1-2H3,(H,67,70)/b16-14-,22-20-,31-27-,58-54+. The van der Waals surface area contributed by atoms with Crippen molar-refractivity contribution in [2.45, 2.75) is 347 Å². The molecule has 0 fully saturated rings. The number of allylic oxidation sites excluding steroid dienone is 7. The summed E-state index contributed by atoms with van der Waals surface area (Å²) in [6.07, 6.45) is 78.6. The van der Waals surface area contributed by atoms with E-state index in [1.54, 1.807) is 6.08 Å². The largest absolute Gasteiger partial charge is 0.466 e. The molecular weight excluding hydrogens is 887 g/mol. The fourth-order valence-corrected chi connectivity index (χ4v) is 9.66. The zero-order chi connectivity index (χ0) is 52.2. The van der Waals surface area contributed by atoms with Gasteiger partial charge in [-0.25, -0.2) is 0 Å². The molecule has 0 saturated heterocycles. The Labute approximate surface area is 448 Å². The number of ether oxygens (including phenoxy) is 1. The fraction of sp³-hybridized carbons (Fsp3) is 0.848. The van der Waals surface area contributed by atoms with Crippen LogP contribution >= 0.6 is 0 Å². The molecule has 6 nitrogen and oxygen atoms in total. The summed E-state index contributed by atoms with van der Waals surface area (Å²) >= 11 is 0. The van der Waals surface area contributed by atoms with E-state index in [2.05, 4.69) is 55.6 Å². The minimum Gasteiger partial charge on any atom is -0.466 e. The first-order valence-electron chi connectivity index (χ1n) is 31.9. The van der Waals surface area contributed by atoms with E-state index in [1.165, 1.54) is 238 Å². The highest BCUT2D eigenvalue weighted by molar-refractivity contribution is 5.76. The van der Waals surface area contributed by atoms with Gasteiger partial charge in [0.05, 0.1) is 25.4 Å². The molecule has 0 bridgehead atoms. The van der Waals surface area contributed by atoms with Gasteiger partial charge in [0.15, 0.2) is 0 Å². The van der Waals surface area contributed by atoms with Crippen molar-refractivity contribution in [1.82, 2.24) is 5.32 Å². The summed E-state index contributed by atoms with van der Waals surface area (Å²) in [6, 6.07) is -0.640. The maximum absolute atomic E-state index is 12.5. The van der Waals surface area contributed by atoms with E-state index in [0.29, 0.717) is 19.4 Å². The van der Waals surface area contributed by atoms with Crippen LogP contribution in [0.3, 0.4) is 0 Å². The molecule has 2 unspecified atom stereocenters. The van der Waals surface area contributed by atoms with E-state index in [9.17, 15) is 19.8 Å². The molecule has 2 atom stereocenters. The second-order valence-electron chi connectivity index (χ2n) is 21.7. The second-order valence-corrected chi connectivity index (χ2v) is 21.7. The van der Waals surface area contributed by atoms with Crippen LogP contribution in [0.15, 0.2) is 48.6 Å². The van der Waals surface area contributed by atoms with Crippen molar-refractivity contribution in [2.24, 2.45) is 0 Å². The maximum Gasteiger partial charge on any atom is 0.305 e. The van der Waals surface area contributed by atoms with Gasteiger partial charge in [-0.1, -0.05) is 281 Å². The number of unbranched alkanes of at least 4 members (excludes halogenated alkanes) is 42. The second kappa shape index (κ2) is 61.4. The predicted molar refractivity (Wildman–Crippen MR) is 315 cm³/mol. The molecular formula is C66H123NO5. The molecule has 0 aliphatic heterocycles. The lowest BCUT2D eigenvalue weighted by Crippen LogP contribution is -2.45. The minimum atomic E-state index is -0.855. The highest BCUT2D eigenvalue weighted by Gasteiger charge is 2.18. The van der Waals surface area contributed by atoms with E-state index in [4.69, 9.17) is 4.74 Å². The van der Waals surface area contributed by atoms with Crippen molar-refractivity contribution in [3.8, 4) is 0 Å². The van der Waals surface area contributed by atoms with Crippen molar-refractivity contribution in [3.63, 3.8) is 0 Å². The summed E-state index contributed by atoms with van der Waals surface area (Å²) in [6.45, 7) is 4.88. The van der Waals surface area contributed by atoms with Crippen LogP contribution in [-0.4, -0.2) is 47.4 Å². The van der Waals surface area contributed by atoms with Crippen LogP contribution < -0.4 is 5.32 Å². The molecule has 422 valence electrons. The van der Waals surface area contributed by atoms with Crippen LogP contribution in [0.2, 0.25) is 0 Å². The lowest BCUT2D eigenvalue weighted by molar-refractivity contribution is -0.143. The molecule has 0 aromatic carbocycles. The number of hydrogen-bond donors (Lipinski definition) is 3. The van der Waals surface area contributed by atoms with E-state index in [-0.39, 0.29) is 18.5 Å². The maximum atomic E-state index is 12.5. The number of amides is 1. The summed E-state index contributed by atoms with van der Waals surface area (Å²) in [5.74, 6) is -0.0861. The molecule has 0 heterocycles. The Balaban J connectivity index is 3.48. The number of carbonyl (C=O) groups excluding carboxylic acids is 2. The Bertz CT molecular complexity index is 1210.